The van der Waals surface area contributed by atoms with Crippen molar-refractivity contribution in [2.75, 3.05) is 7.05 Å². The van der Waals surface area contributed by atoms with Crippen molar-refractivity contribution in [1.29, 1.82) is 0 Å². The van der Waals surface area contributed by atoms with Crippen LogP contribution in [0.4, 0.5) is 0 Å². The Morgan fingerprint density at radius 2 is 2.22 bits per heavy atom. The van der Waals surface area contributed by atoms with Crippen LogP contribution in [0.2, 0.25) is 0 Å². The highest BCUT2D eigenvalue weighted by Gasteiger charge is 2.12. The minimum atomic E-state index is 0.329. The van der Waals surface area contributed by atoms with Gasteiger partial charge in [-0.15, -0.1) is 0 Å². The summed E-state index contributed by atoms with van der Waals surface area (Å²) in [6, 6.07) is 2.39. The van der Waals surface area contributed by atoms with Gasteiger partial charge in [0.15, 0.2) is 0 Å². The number of nitrogens with one attached hydrogen (secondary N) is 1. The molecule has 0 aromatic carbocycles. The van der Waals surface area contributed by atoms with Crippen molar-refractivity contribution in [3.05, 3.63) is 47.8 Å². The topological polar surface area (TPSA) is 42.7 Å². The molecule has 1 N–H and O–H groups in total. The predicted octanol–water partition coefficient (Wildman–Crippen LogP) is 2.02. The molecule has 0 radical (unpaired) electrons. The van der Waals surface area contributed by atoms with Crippen LogP contribution in [-0.4, -0.2) is 21.6 Å². The van der Waals surface area contributed by atoms with Crippen LogP contribution in [0.3, 0.4) is 0 Å². The van der Waals surface area contributed by atoms with E-state index >= 15 is 0 Å². The Morgan fingerprint density at radius 1 is 1.39 bits per heavy atom. The van der Waals surface area contributed by atoms with Gasteiger partial charge in [0.25, 0.3) is 0 Å². The Morgan fingerprint density at radius 3 is 2.83 bits per heavy atom. The van der Waals surface area contributed by atoms with E-state index in [1.165, 1.54) is 11.1 Å². The summed E-state index contributed by atoms with van der Waals surface area (Å²) in [5, 5.41) is 3.36. The van der Waals surface area contributed by atoms with Gasteiger partial charge in [-0.1, -0.05) is 0 Å². The summed E-state index contributed by atoms with van der Waals surface area (Å²) >= 11 is 0. The van der Waals surface area contributed by atoms with Gasteiger partial charge >= 0.3 is 0 Å². The molecule has 96 valence electrons. The molecule has 18 heavy (non-hydrogen) atoms. The van der Waals surface area contributed by atoms with Gasteiger partial charge in [0.2, 0.25) is 0 Å². The lowest BCUT2D eigenvalue weighted by Gasteiger charge is -2.18. The van der Waals surface area contributed by atoms with Gasteiger partial charge in [0.05, 0.1) is 0 Å². The highest BCUT2D eigenvalue weighted by molar-refractivity contribution is 5.25. The molecule has 0 bridgehead atoms. The average molecular weight is 244 g/mol. The average Bonchev–Trinajstić information content (AvgIpc) is 2.78. The number of rotatable bonds is 5. The van der Waals surface area contributed by atoms with E-state index in [1.807, 2.05) is 38.9 Å². The van der Waals surface area contributed by atoms with Gasteiger partial charge in [-0.2, -0.15) is 0 Å². The van der Waals surface area contributed by atoms with Crippen LogP contribution in [0.25, 0.3) is 0 Å². The van der Waals surface area contributed by atoms with Crippen LogP contribution in [-0.2, 0) is 13.5 Å². The van der Waals surface area contributed by atoms with E-state index in [0.717, 1.165) is 18.7 Å². The summed E-state index contributed by atoms with van der Waals surface area (Å²) in [5.41, 5.74) is 2.55. The van der Waals surface area contributed by atoms with Gasteiger partial charge < -0.3 is 9.88 Å². The van der Waals surface area contributed by atoms with Crippen LogP contribution in [0, 0.1) is 6.92 Å². The largest absolute Gasteiger partial charge is 0.338 e. The number of aryl methyl sites for hydroxylation is 3. The quantitative estimate of drug-likeness (QED) is 0.875. The van der Waals surface area contributed by atoms with E-state index < -0.39 is 0 Å². The molecule has 0 aliphatic carbocycles. The minimum absolute atomic E-state index is 0.329. The molecular weight excluding hydrogens is 224 g/mol. The fourth-order valence-corrected chi connectivity index (χ4v) is 2.21. The van der Waals surface area contributed by atoms with Crippen molar-refractivity contribution in [2.45, 2.75) is 25.8 Å². The number of aromatic nitrogens is 3. The summed E-state index contributed by atoms with van der Waals surface area (Å²) in [4.78, 5) is 8.57. The number of nitrogens with zero attached hydrogens (tertiary/aromatic N) is 3. The number of hydrogen-bond acceptors (Lipinski definition) is 3. The Hall–Kier alpha value is -1.68. The van der Waals surface area contributed by atoms with Crippen LogP contribution < -0.4 is 5.32 Å². The number of hydrogen-bond donors (Lipinski definition) is 1. The standard InChI is InChI=1S/C14H20N4/c1-11-6-7-16-10-12(11)13(15-2)4-5-14-17-8-9-18(14)3/h6-10,13,15H,4-5H2,1-3H3. The minimum Gasteiger partial charge on any atom is -0.338 e. The maximum atomic E-state index is 4.36. The Bertz CT molecular complexity index is 504. The Balaban J connectivity index is 2.07. The van der Waals surface area contributed by atoms with E-state index in [9.17, 15) is 0 Å². The third-order valence-electron chi connectivity index (χ3n) is 3.38. The molecule has 0 saturated heterocycles. The first-order valence-electron chi connectivity index (χ1n) is 6.26. The molecule has 0 aliphatic heterocycles. The lowest BCUT2D eigenvalue weighted by atomic mass is 10.00. The van der Waals surface area contributed by atoms with Crippen molar-refractivity contribution >= 4 is 0 Å². The molecule has 0 amide bonds. The summed E-state index contributed by atoms with van der Waals surface area (Å²) in [6.07, 6.45) is 9.61. The normalized spacial score (nSPS) is 12.6. The molecule has 2 aromatic rings. The second kappa shape index (κ2) is 5.78. The molecule has 2 aromatic heterocycles. The zero-order valence-electron chi connectivity index (χ0n) is 11.2. The highest BCUT2D eigenvalue weighted by atomic mass is 15.0. The summed E-state index contributed by atoms with van der Waals surface area (Å²) in [7, 11) is 4.03. The fraction of sp³-hybridized carbons (Fsp3) is 0.429. The number of imidazole rings is 1. The van der Waals surface area contributed by atoms with Crippen LogP contribution in [0.1, 0.15) is 29.4 Å². The Labute approximate surface area is 108 Å². The van der Waals surface area contributed by atoms with Crippen LogP contribution in [0.15, 0.2) is 30.9 Å². The molecule has 1 atom stereocenters. The van der Waals surface area contributed by atoms with E-state index in [2.05, 4.69) is 32.8 Å². The fourth-order valence-electron chi connectivity index (χ4n) is 2.21. The lowest BCUT2D eigenvalue weighted by Crippen LogP contribution is -2.19. The molecular formula is C14H20N4. The third kappa shape index (κ3) is 2.76. The maximum absolute atomic E-state index is 4.36. The van der Waals surface area contributed by atoms with Crippen molar-refractivity contribution in [1.82, 2.24) is 19.9 Å². The molecule has 4 nitrogen and oxygen atoms in total. The third-order valence-corrected chi connectivity index (χ3v) is 3.38. The first kappa shape index (κ1) is 12.8. The molecule has 0 saturated carbocycles. The summed E-state index contributed by atoms with van der Waals surface area (Å²) in [6.45, 7) is 2.13. The van der Waals surface area contributed by atoms with Gasteiger partial charge in [0, 0.05) is 44.3 Å². The van der Waals surface area contributed by atoms with Gasteiger partial charge in [-0.05, 0) is 37.6 Å². The zero-order valence-corrected chi connectivity index (χ0v) is 11.2. The van der Waals surface area contributed by atoms with E-state index in [4.69, 9.17) is 0 Å². The van der Waals surface area contributed by atoms with E-state index in [1.54, 1.807) is 0 Å². The molecule has 2 rings (SSSR count). The zero-order chi connectivity index (χ0) is 13.0. The molecule has 0 fully saturated rings. The smallest absolute Gasteiger partial charge is 0.108 e. The summed E-state index contributed by atoms with van der Waals surface area (Å²) in [5.74, 6) is 1.12. The van der Waals surface area contributed by atoms with Gasteiger partial charge in [-0.3, -0.25) is 4.98 Å². The van der Waals surface area contributed by atoms with Crippen LogP contribution >= 0.6 is 0 Å². The molecule has 0 aliphatic rings. The first-order chi connectivity index (χ1) is 8.72. The lowest BCUT2D eigenvalue weighted by molar-refractivity contribution is 0.532. The van der Waals surface area contributed by atoms with Crippen molar-refractivity contribution in [2.24, 2.45) is 7.05 Å². The monoisotopic (exact) mass is 244 g/mol. The first-order valence-corrected chi connectivity index (χ1v) is 6.26. The second-order valence-electron chi connectivity index (χ2n) is 4.57. The molecule has 0 spiro atoms. The van der Waals surface area contributed by atoms with Gasteiger partial charge in [0.1, 0.15) is 5.82 Å². The highest BCUT2D eigenvalue weighted by Crippen LogP contribution is 2.20. The maximum Gasteiger partial charge on any atom is 0.108 e. The predicted molar refractivity (Wildman–Crippen MR) is 72.3 cm³/mol. The van der Waals surface area contributed by atoms with E-state index in [-0.39, 0.29) is 0 Å². The van der Waals surface area contributed by atoms with Crippen LogP contribution in [0.5, 0.6) is 0 Å². The SMILES string of the molecule is CNC(CCc1nccn1C)c1cnccc1C. The molecule has 2 heterocycles. The Kier molecular flexibility index (Phi) is 4.10. The summed E-state index contributed by atoms with van der Waals surface area (Å²) < 4.78 is 2.07. The van der Waals surface area contributed by atoms with Crippen molar-refractivity contribution in [3.63, 3.8) is 0 Å². The molecule has 4 heteroatoms. The van der Waals surface area contributed by atoms with Crippen molar-refractivity contribution in [3.8, 4) is 0 Å². The van der Waals surface area contributed by atoms with Crippen molar-refractivity contribution < 1.29 is 0 Å². The van der Waals surface area contributed by atoms with E-state index in [0.29, 0.717) is 6.04 Å². The second-order valence-corrected chi connectivity index (χ2v) is 4.57. The molecule has 1 unspecified atom stereocenters. The van der Waals surface area contributed by atoms with Gasteiger partial charge in [-0.25, -0.2) is 4.98 Å². The number of pyridine rings is 1.